The van der Waals surface area contributed by atoms with Crippen molar-refractivity contribution in [1.29, 1.82) is 0 Å². The zero-order chi connectivity index (χ0) is 18.1. The zero-order valence-corrected chi connectivity index (χ0v) is 14.8. The SMILES string of the molecule is CO[C@@H]1CC(c2ncc[nH]2)N(C(=O)c2ccc(-n3ccc(C)n3)cc2)C1. The van der Waals surface area contributed by atoms with Gasteiger partial charge in [-0.15, -0.1) is 0 Å². The second-order valence-corrected chi connectivity index (χ2v) is 6.49. The van der Waals surface area contributed by atoms with Crippen LogP contribution in [0.2, 0.25) is 0 Å². The Morgan fingerprint density at radius 2 is 2.08 bits per heavy atom. The number of aromatic amines is 1. The van der Waals surface area contributed by atoms with Crippen molar-refractivity contribution in [1.82, 2.24) is 24.6 Å². The molecule has 0 bridgehead atoms. The Balaban J connectivity index is 1.57. The van der Waals surface area contributed by atoms with Crippen LogP contribution in [0, 0.1) is 6.92 Å². The molecule has 1 aliphatic heterocycles. The van der Waals surface area contributed by atoms with Crippen molar-refractivity contribution in [2.24, 2.45) is 0 Å². The molecule has 2 atom stereocenters. The smallest absolute Gasteiger partial charge is 0.254 e. The third-order valence-corrected chi connectivity index (χ3v) is 4.79. The van der Waals surface area contributed by atoms with E-state index >= 15 is 0 Å². The third-order valence-electron chi connectivity index (χ3n) is 4.79. The van der Waals surface area contributed by atoms with Crippen LogP contribution in [0.25, 0.3) is 5.69 Å². The Hall–Kier alpha value is -2.93. The lowest BCUT2D eigenvalue weighted by Gasteiger charge is -2.23. The van der Waals surface area contributed by atoms with E-state index in [1.165, 1.54) is 0 Å². The first-order valence-corrected chi connectivity index (χ1v) is 8.61. The monoisotopic (exact) mass is 351 g/mol. The van der Waals surface area contributed by atoms with Gasteiger partial charge in [0.1, 0.15) is 5.82 Å². The Morgan fingerprint density at radius 1 is 1.27 bits per heavy atom. The molecule has 7 heteroatoms. The van der Waals surface area contributed by atoms with Gasteiger partial charge in [0.05, 0.1) is 23.5 Å². The number of methoxy groups -OCH3 is 1. The number of benzene rings is 1. The normalized spacial score (nSPS) is 19.8. The van der Waals surface area contributed by atoms with Gasteiger partial charge in [-0.05, 0) is 37.3 Å². The van der Waals surface area contributed by atoms with E-state index in [4.69, 9.17) is 4.74 Å². The molecule has 1 amide bonds. The molecule has 7 nitrogen and oxygen atoms in total. The van der Waals surface area contributed by atoms with Crippen LogP contribution in [0.5, 0.6) is 0 Å². The summed E-state index contributed by atoms with van der Waals surface area (Å²) >= 11 is 0. The fourth-order valence-corrected chi connectivity index (χ4v) is 3.39. The summed E-state index contributed by atoms with van der Waals surface area (Å²) in [6.07, 6.45) is 6.14. The second-order valence-electron chi connectivity index (χ2n) is 6.49. The minimum absolute atomic E-state index is 0.0142. The quantitative estimate of drug-likeness (QED) is 0.784. The van der Waals surface area contributed by atoms with Crippen molar-refractivity contribution in [3.05, 3.63) is 66.0 Å². The Morgan fingerprint density at radius 3 is 2.69 bits per heavy atom. The zero-order valence-electron chi connectivity index (χ0n) is 14.8. The van der Waals surface area contributed by atoms with Gasteiger partial charge in [0.15, 0.2) is 0 Å². The first-order valence-electron chi connectivity index (χ1n) is 8.61. The topological polar surface area (TPSA) is 76.0 Å². The van der Waals surface area contributed by atoms with Gasteiger partial charge in [0, 0.05) is 44.2 Å². The standard InChI is InChI=1S/C19H21N5O2/c1-13-7-10-24(22-13)15-5-3-14(4-6-15)19(25)23-12-16(26-2)11-17(23)18-20-8-9-21-18/h3-10,16-17H,11-12H2,1-2H3,(H,20,21)/t16-,17?/m1/s1. The van der Waals surface area contributed by atoms with E-state index in [0.29, 0.717) is 12.1 Å². The summed E-state index contributed by atoms with van der Waals surface area (Å²) in [4.78, 5) is 22.4. The highest BCUT2D eigenvalue weighted by molar-refractivity contribution is 5.94. The van der Waals surface area contributed by atoms with Gasteiger partial charge < -0.3 is 14.6 Å². The number of amides is 1. The number of imidazole rings is 1. The summed E-state index contributed by atoms with van der Waals surface area (Å²) in [5.74, 6) is 0.774. The van der Waals surface area contributed by atoms with Crippen molar-refractivity contribution < 1.29 is 9.53 Å². The van der Waals surface area contributed by atoms with Crippen molar-refractivity contribution in [2.45, 2.75) is 25.5 Å². The summed E-state index contributed by atoms with van der Waals surface area (Å²) < 4.78 is 7.29. The lowest BCUT2D eigenvalue weighted by atomic mass is 10.1. The maximum atomic E-state index is 13.1. The Kier molecular flexibility index (Phi) is 4.30. The summed E-state index contributed by atoms with van der Waals surface area (Å²) in [6, 6.07) is 9.34. The molecule has 1 unspecified atom stereocenters. The number of likely N-dealkylation sites (tertiary alicyclic amines) is 1. The lowest BCUT2D eigenvalue weighted by molar-refractivity contribution is 0.0684. The highest BCUT2D eigenvalue weighted by Crippen LogP contribution is 2.32. The number of H-pyrrole nitrogens is 1. The molecule has 26 heavy (non-hydrogen) atoms. The average molecular weight is 351 g/mol. The van der Waals surface area contributed by atoms with E-state index in [9.17, 15) is 4.79 Å². The third kappa shape index (κ3) is 3.01. The minimum atomic E-state index is -0.101. The van der Waals surface area contributed by atoms with Crippen LogP contribution in [0.15, 0.2) is 48.9 Å². The molecule has 3 aromatic rings. The molecule has 134 valence electrons. The number of aromatic nitrogens is 4. The van der Waals surface area contributed by atoms with E-state index in [0.717, 1.165) is 23.6 Å². The van der Waals surface area contributed by atoms with Crippen molar-refractivity contribution in [3.63, 3.8) is 0 Å². The molecule has 0 radical (unpaired) electrons. The maximum absolute atomic E-state index is 13.1. The van der Waals surface area contributed by atoms with Crippen molar-refractivity contribution in [2.75, 3.05) is 13.7 Å². The molecule has 1 aliphatic rings. The molecule has 0 spiro atoms. The largest absolute Gasteiger partial charge is 0.380 e. The number of aryl methyl sites for hydroxylation is 1. The fourth-order valence-electron chi connectivity index (χ4n) is 3.39. The number of nitrogens with one attached hydrogen (secondary N) is 1. The number of rotatable bonds is 4. The first kappa shape index (κ1) is 16.5. The number of hydrogen-bond acceptors (Lipinski definition) is 4. The summed E-state index contributed by atoms with van der Waals surface area (Å²) in [7, 11) is 1.68. The number of hydrogen-bond donors (Lipinski definition) is 1. The van der Waals surface area contributed by atoms with E-state index < -0.39 is 0 Å². The molecule has 3 heterocycles. The molecule has 0 saturated carbocycles. The van der Waals surface area contributed by atoms with Crippen LogP contribution in [-0.2, 0) is 4.74 Å². The van der Waals surface area contributed by atoms with Gasteiger partial charge >= 0.3 is 0 Å². The molecular weight excluding hydrogens is 330 g/mol. The molecule has 4 rings (SSSR count). The van der Waals surface area contributed by atoms with E-state index in [-0.39, 0.29) is 18.1 Å². The minimum Gasteiger partial charge on any atom is -0.380 e. The number of carbonyl (C=O) groups is 1. The van der Waals surface area contributed by atoms with Crippen LogP contribution in [-0.4, -0.2) is 50.3 Å². The summed E-state index contributed by atoms with van der Waals surface area (Å²) in [5, 5.41) is 4.39. The predicted molar refractivity (Wildman–Crippen MR) is 96.1 cm³/mol. The maximum Gasteiger partial charge on any atom is 0.254 e. The molecule has 1 N–H and O–H groups in total. The number of nitrogens with zero attached hydrogens (tertiary/aromatic N) is 4. The highest BCUT2D eigenvalue weighted by Gasteiger charge is 2.38. The van der Waals surface area contributed by atoms with Crippen LogP contribution in [0.1, 0.15) is 34.3 Å². The lowest BCUT2D eigenvalue weighted by Crippen LogP contribution is -2.32. The molecular formula is C19H21N5O2. The summed E-state index contributed by atoms with van der Waals surface area (Å²) in [6.45, 7) is 2.50. The van der Waals surface area contributed by atoms with Crippen molar-refractivity contribution in [3.8, 4) is 5.69 Å². The molecule has 1 saturated heterocycles. The van der Waals surface area contributed by atoms with Gasteiger partial charge in [0.2, 0.25) is 0 Å². The van der Waals surface area contributed by atoms with Gasteiger partial charge in [-0.3, -0.25) is 4.79 Å². The van der Waals surface area contributed by atoms with E-state index in [1.807, 2.05) is 48.4 Å². The van der Waals surface area contributed by atoms with Crippen LogP contribution >= 0.6 is 0 Å². The van der Waals surface area contributed by atoms with Crippen molar-refractivity contribution >= 4 is 5.91 Å². The summed E-state index contributed by atoms with van der Waals surface area (Å²) in [5.41, 5.74) is 2.52. The van der Waals surface area contributed by atoms with Gasteiger partial charge in [-0.25, -0.2) is 9.67 Å². The number of carbonyl (C=O) groups excluding carboxylic acids is 1. The number of ether oxygens (including phenoxy) is 1. The Labute approximate surface area is 151 Å². The second kappa shape index (κ2) is 6.76. The van der Waals surface area contributed by atoms with Gasteiger partial charge in [-0.2, -0.15) is 5.10 Å². The van der Waals surface area contributed by atoms with Crippen LogP contribution < -0.4 is 0 Å². The van der Waals surface area contributed by atoms with E-state index in [1.54, 1.807) is 24.2 Å². The molecule has 1 fully saturated rings. The molecule has 1 aromatic carbocycles. The molecule has 2 aromatic heterocycles. The predicted octanol–water partition coefficient (Wildman–Crippen LogP) is 2.51. The molecule has 0 aliphatic carbocycles. The fraction of sp³-hybridized carbons (Fsp3) is 0.316. The van der Waals surface area contributed by atoms with E-state index in [2.05, 4.69) is 15.1 Å². The van der Waals surface area contributed by atoms with Gasteiger partial charge in [0.25, 0.3) is 5.91 Å². The Bertz CT molecular complexity index is 885. The first-order chi connectivity index (χ1) is 12.7. The van der Waals surface area contributed by atoms with Crippen LogP contribution in [0.3, 0.4) is 0 Å². The highest BCUT2D eigenvalue weighted by atomic mass is 16.5. The van der Waals surface area contributed by atoms with Crippen LogP contribution in [0.4, 0.5) is 0 Å². The average Bonchev–Trinajstić information content (AvgIpc) is 3.41. The van der Waals surface area contributed by atoms with Gasteiger partial charge in [-0.1, -0.05) is 0 Å².